The lowest BCUT2D eigenvalue weighted by molar-refractivity contribution is 0.0302. The van der Waals surface area contributed by atoms with E-state index in [0.29, 0.717) is 19.0 Å². The molecule has 1 unspecified atom stereocenters. The molecule has 0 aromatic heterocycles. The molecule has 1 aromatic rings. The van der Waals surface area contributed by atoms with Crippen LogP contribution >= 0.6 is 0 Å². The van der Waals surface area contributed by atoms with Crippen LogP contribution in [0.15, 0.2) is 35.3 Å². The minimum atomic E-state index is -0.485. The van der Waals surface area contributed by atoms with Crippen molar-refractivity contribution < 1.29 is 9.53 Å². The first kappa shape index (κ1) is 19.8. The quantitative estimate of drug-likeness (QED) is 0.642. The molecule has 0 aliphatic rings. The predicted molar refractivity (Wildman–Crippen MR) is 98.2 cm³/mol. The van der Waals surface area contributed by atoms with E-state index >= 15 is 0 Å². The molecular formula is C18H30N4O2. The number of nitrogens with one attached hydrogen (secondary N) is 2. The highest BCUT2D eigenvalue weighted by Gasteiger charge is 2.19. The number of nitrogens with zero attached hydrogens (tertiary/aromatic N) is 2. The maximum Gasteiger partial charge on any atom is 0.410 e. The highest BCUT2D eigenvalue weighted by Crippen LogP contribution is 2.11. The van der Waals surface area contributed by atoms with Gasteiger partial charge in [-0.2, -0.15) is 0 Å². The number of carbonyl (C=O) groups excluding carboxylic acids is 1. The number of ether oxygens (including phenoxy) is 1. The normalized spacial score (nSPS) is 13.2. The van der Waals surface area contributed by atoms with Crippen LogP contribution in [0.3, 0.4) is 0 Å². The minimum Gasteiger partial charge on any atom is -0.444 e. The molecule has 0 radical (unpaired) electrons. The van der Waals surface area contributed by atoms with Gasteiger partial charge < -0.3 is 20.3 Å². The molecule has 0 bridgehead atoms. The predicted octanol–water partition coefficient (Wildman–Crippen LogP) is 2.78. The van der Waals surface area contributed by atoms with E-state index in [1.807, 2.05) is 39.0 Å². The summed E-state index contributed by atoms with van der Waals surface area (Å²) >= 11 is 0. The summed E-state index contributed by atoms with van der Waals surface area (Å²) in [5.41, 5.74) is 0.702. The Morgan fingerprint density at radius 2 is 1.92 bits per heavy atom. The van der Waals surface area contributed by atoms with Crippen LogP contribution in [0, 0.1) is 0 Å². The van der Waals surface area contributed by atoms with Gasteiger partial charge in [-0.3, -0.25) is 4.99 Å². The van der Waals surface area contributed by atoms with Crippen LogP contribution in [0.4, 0.5) is 4.79 Å². The van der Waals surface area contributed by atoms with E-state index in [1.165, 1.54) is 5.56 Å². The SMILES string of the molecule is CN=C(NCCN(C)C(=O)OC(C)(C)C)NC(C)c1ccccc1. The van der Waals surface area contributed by atoms with Gasteiger partial charge in [-0.1, -0.05) is 30.3 Å². The van der Waals surface area contributed by atoms with Crippen molar-refractivity contribution in [2.45, 2.75) is 39.3 Å². The number of carbonyl (C=O) groups is 1. The Labute approximate surface area is 145 Å². The first-order valence-electron chi connectivity index (χ1n) is 8.19. The second-order valence-electron chi connectivity index (χ2n) is 6.68. The Hall–Kier alpha value is -2.24. The maximum absolute atomic E-state index is 11.9. The molecular weight excluding hydrogens is 304 g/mol. The minimum absolute atomic E-state index is 0.140. The largest absolute Gasteiger partial charge is 0.444 e. The van der Waals surface area contributed by atoms with Crippen LogP contribution in [0.1, 0.15) is 39.3 Å². The van der Waals surface area contributed by atoms with E-state index in [0.717, 1.165) is 0 Å². The van der Waals surface area contributed by atoms with Crippen molar-refractivity contribution in [3.63, 3.8) is 0 Å². The maximum atomic E-state index is 11.9. The number of rotatable bonds is 5. The fraction of sp³-hybridized carbons (Fsp3) is 0.556. The average molecular weight is 334 g/mol. The summed E-state index contributed by atoms with van der Waals surface area (Å²) in [5.74, 6) is 0.698. The van der Waals surface area contributed by atoms with Gasteiger partial charge >= 0.3 is 6.09 Å². The molecule has 0 fully saturated rings. The van der Waals surface area contributed by atoms with Crippen molar-refractivity contribution in [2.24, 2.45) is 4.99 Å². The molecule has 1 rings (SSSR count). The number of guanidine groups is 1. The lowest BCUT2D eigenvalue weighted by atomic mass is 10.1. The molecule has 0 aliphatic carbocycles. The second kappa shape index (κ2) is 9.15. The lowest BCUT2D eigenvalue weighted by Crippen LogP contribution is -2.43. The van der Waals surface area contributed by atoms with Crippen LogP contribution in [-0.2, 0) is 4.74 Å². The number of amides is 1. The Kier molecular flexibility index (Phi) is 7.55. The van der Waals surface area contributed by atoms with Crippen molar-refractivity contribution in [3.05, 3.63) is 35.9 Å². The van der Waals surface area contributed by atoms with Gasteiger partial charge in [-0.05, 0) is 33.3 Å². The summed E-state index contributed by atoms with van der Waals surface area (Å²) in [6, 6.07) is 10.3. The van der Waals surface area contributed by atoms with Gasteiger partial charge in [0.05, 0.1) is 6.04 Å². The molecule has 24 heavy (non-hydrogen) atoms. The molecule has 1 aromatic carbocycles. The molecule has 6 heteroatoms. The zero-order valence-electron chi connectivity index (χ0n) is 15.6. The van der Waals surface area contributed by atoms with Crippen molar-refractivity contribution in [1.82, 2.24) is 15.5 Å². The number of likely N-dealkylation sites (N-methyl/N-ethyl adjacent to an activating group) is 1. The smallest absolute Gasteiger partial charge is 0.410 e. The highest BCUT2D eigenvalue weighted by molar-refractivity contribution is 5.80. The molecule has 0 spiro atoms. The number of benzene rings is 1. The van der Waals surface area contributed by atoms with E-state index in [4.69, 9.17) is 4.74 Å². The fourth-order valence-corrected chi connectivity index (χ4v) is 2.00. The van der Waals surface area contributed by atoms with Crippen molar-refractivity contribution in [3.8, 4) is 0 Å². The van der Waals surface area contributed by atoms with E-state index in [-0.39, 0.29) is 12.1 Å². The van der Waals surface area contributed by atoms with Gasteiger partial charge in [0.2, 0.25) is 0 Å². The molecule has 1 amide bonds. The van der Waals surface area contributed by atoms with Gasteiger partial charge in [-0.25, -0.2) is 4.79 Å². The summed E-state index contributed by atoms with van der Waals surface area (Å²) in [6.45, 7) is 8.75. The van der Waals surface area contributed by atoms with Crippen LogP contribution in [-0.4, -0.2) is 49.7 Å². The summed E-state index contributed by atoms with van der Waals surface area (Å²) in [6.07, 6.45) is -0.329. The van der Waals surface area contributed by atoms with Gasteiger partial charge in [-0.15, -0.1) is 0 Å². The molecule has 2 N–H and O–H groups in total. The van der Waals surface area contributed by atoms with Crippen molar-refractivity contribution >= 4 is 12.1 Å². The summed E-state index contributed by atoms with van der Waals surface area (Å²) < 4.78 is 5.32. The molecule has 1 atom stereocenters. The van der Waals surface area contributed by atoms with Gasteiger partial charge in [0, 0.05) is 27.2 Å². The van der Waals surface area contributed by atoms with Crippen LogP contribution in [0.5, 0.6) is 0 Å². The lowest BCUT2D eigenvalue weighted by Gasteiger charge is -2.25. The average Bonchev–Trinajstić information content (AvgIpc) is 2.52. The third kappa shape index (κ3) is 7.35. The van der Waals surface area contributed by atoms with E-state index in [2.05, 4.69) is 34.7 Å². The van der Waals surface area contributed by atoms with Crippen LogP contribution in [0.2, 0.25) is 0 Å². The number of aliphatic imine (C=N–C) groups is 1. The zero-order valence-corrected chi connectivity index (χ0v) is 15.6. The Morgan fingerprint density at radius 3 is 2.46 bits per heavy atom. The molecule has 134 valence electrons. The van der Waals surface area contributed by atoms with Gasteiger partial charge in [0.25, 0.3) is 0 Å². The summed E-state index contributed by atoms with van der Waals surface area (Å²) in [5, 5.41) is 6.54. The highest BCUT2D eigenvalue weighted by atomic mass is 16.6. The number of hydrogen-bond acceptors (Lipinski definition) is 3. The zero-order chi connectivity index (χ0) is 18.2. The Balaban J connectivity index is 2.40. The first-order chi connectivity index (χ1) is 11.2. The van der Waals surface area contributed by atoms with Crippen LogP contribution < -0.4 is 10.6 Å². The van der Waals surface area contributed by atoms with E-state index < -0.39 is 5.60 Å². The third-order valence-electron chi connectivity index (χ3n) is 3.32. The van der Waals surface area contributed by atoms with E-state index in [1.54, 1.807) is 19.0 Å². The fourth-order valence-electron chi connectivity index (χ4n) is 2.00. The Morgan fingerprint density at radius 1 is 1.29 bits per heavy atom. The van der Waals surface area contributed by atoms with Gasteiger partial charge in [0.15, 0.2) is 5.96 Å². The Bertz CT molecular complexity index is 538. The number of hydrogen-bond donors (Lipinski definition) is 2. The van der Waals surface area contributed by atoms with Crippen molar-refractivity contribution in [2.75, 3.05) is 27.2 Å². The molecule has 0 aliphatic heterocycles. The second-order valence-corrected chi connectivity index (χ2v) is 6.68. The topological polar surface area (TPSA) is 66.0 Å². The van der Waals surface area contributed by atoms with Crippen LogP contribution in [0.25, 0.3) is 0 Å². The molecule has 0 saturated heterocycles. The first-order valence-corrected chi connectivity index (χ1v) is 8.19. The summed E-state index contributed by atoms with van der Waals surface area (Å²) in [4.78, 5) is 17.7. The standard InChI is InChI=1S/C18H30N4O2/c1-14(15-10-8-7-9-11-15)21-16(19-5)20-12-13-22(6)17(23)24-18(2,3)4/h7-11,14H,12-13H2,1-6H3,(H2,19,20,21). The molecule has 0 heterocycles. The van der Waals surface area contributed by atoms with E-state index in [9.17, 15) is 4.79 Å². The molecule has 6 nitrogen and oxygen atoms in total. The third-order valence-corrected chi connectivity index (χ3v) is 3.32. The monoisotopic (exact) mass is 334 g/mol. The van der Waals surface area contributed by atoms with Gasteiger partial charge in [0.1, 0.15) is 5.60 Å². The molecule has 0 saturated carbocycles. The van der Waals surface area contributed by atoms with Crippen molar-refractivity contribution in [1.29, 1.82) is 0 Å². The summed E-state index contributed by atoms with van der Waals surface area (Å²) in [7, 11) is 3.45.